The van der Waals surface area contributed by atoms with Crippen molar-refractivity contribution >= 4 is 11.8 Å². The molecule has 5 heteroatoms. The number of aryl methyl sites for hydroxylation is 2. The second kappa shape index (κ2) is 11.9. The van der Waals surface area contributed by atoms with Crippen molar-refractivity contribution < 1.29 is 9.59 Å². The van der Waals surface area contributed by atoms with Gasteiger partial charge in [0.1, 0.15) is 0 Å². The quantitative estimate of drug-likeness (QED) is 0.643. The monoisotopic (exact) mass is 475 g/mol. The van der Waals surface area contributed by atoms with Gasteiger partial charge in [0, 0.05) is 36.7 Å². The van der Waals surface area contributed by atoms with Gasteiger partial charge in [-0.1, -0.05) is 61.4 Å². The molecule has 1 spiro atoms. The number of carbonyl (C=O) groups is 2. The largest absolute Gasteiger partial charge is 0.352 e. The minimum atomic E-state index is 0.212. The van der Waals surface area contributed by atoms with Crippen molar-refractivity contribution in [3.8, 4) is 0 Å². The maximum Gasteiger partial charge on any atom is 0.254 e. The van der Waals surface area contributed by atoms with Crippen LogP contribution in [0.1, 0.15) is 78.4 Å². The molecule has 2 heterocycles. The molecule has 2 N–H and O–H groups in total. The molecular weight excluding hydrogens is 434 g/mol. The summed E-state index contributed by atoms with van der Waals surface area (Å²) in [6.45, 7) is 7.66. The summed E-state index contributed by atoms with van der Waals surface area (Å²) in [6, 6.07) is 16.1. The van der Waals surface area contributed by atoms with E-state index < -0.39 is 0 Å². The zero-order chi connectivity index (χ0) is 24.7. The first-order chi connectivity index (χ1) is 17.0. The minimum absolute atomic E-state index is 0.212. The highest BCUT2D eigenvalue weighted by molar-refractivity contribution is 5.97. The molecule has 3 aliphatic rings. The summed E-state index contributed by atoms with van der Waals surface area (Å²) in [7, 11) is 0. The molecule has 2 saturated heterocycles. The molecule has 1 aliphatic carbocycles. The zero-order valence-electron chi connectivity index (χ0n) is 21.4. The fourth-order valence-corrected chi connectivity index (χ4v) is 5.36. The van der Waals surface area contributed by atoms with Crippen LogP contribution < -0.4 is 10.6 Å². The van der Waals surface area contributed by atoms with Crippen molar-refractivity contribution in [2.75, 3.05) is 19.6 Å². The van der Waals surface area contributed by atoms with Gasteiger partial charge in [0.05, 0.1) is 0 Å². The van der Waals surface area contributed by atoms with Crippen LogP contribution in [0.3, 0.4) is 0 Å². The molecule has 2 amide bonds. The van der Waals surface area contributed by atoms with Crippen molar-refractivity contribution in [2.24, 2.45) is 5.92 Å². The SMILES string of the molecule is Cc1cccc(C)c1C(=O)N1CCC2(CCCCCN2)CC1.O=C(NCc1ccccc1)C1CC1. The van der Waals surface area contributed by atoms with E-state index in [1.54, 1.807) is 0 Å². The van der Waals surface area contributed by atoms with Crippen LogP contribution in [0, 0.1) is 19.8 Å². The Kier molecular flexibility index (Phi) is 8.61. The Morgan fingerprint density at radius 1 is 0.914 bits per heavy atom. The molecule has 0 atom stereocenters. The van der Waals surface area contributed by atoms with Gasteiger partial charge in [0.2, 0.25) is 5.91 Å². The number of hydrogen-bond acceptors (Lipinski definition) is 3. The Bertz CT molecular complexity index is 962. The van der Waals surface area contributed by atoms with Crippen LogP contribution in [0.2, 0.25) is 0 Å². The molecule has 5 rings (SSSR count). The first-order valence-electron chi connectivity index (χ1n) is 13.4. The van der Waals surface area contributed by atoms with Crippen molar-refractivity contribution in [3.63, 3.8) is 0 Å². The maximum atomic E-state index is 12.9. The normalized spacial score (nSPS) is 19.3. The summed E-state index contributed by atoms with van der Waals surface area (Å²) in [6.07, 6.45) is 9.59. The van der Waals surface area contributed by atoms with Gasteiger partial charge in [-0.25, -0.2) is 0 Å². The fourth-order valence-electron chi connectivity index (χ4n) is 5.36. The summed E-state index contributed by atoms with van der Waals surface area (Å²) in [5.74, 6) is 0.742. The van der Waals surface area contributed by atoms with Crippen LogP contribution in [0.4, 0.5) is 0 Å². The third-order valence-electron chi connectivity index (χ3n) is 7.79. The van der Waals surface area contributed by atoms with Crippen LogP contribution in [0.5, 0.6) is 0 Å². The second-order valence-electron chi connectivity index (χ2n) is 10.6. The number of hydrogen-bond donors (Lipinski definition) is 2. The van der Waals surface area contributed by atoms with Crippen molar-refractivity contribution in [2.45, 2.75) is 77.3 Å². The maximum absolute atomic E-state index is 12.9. The van der Waals surface area contributed by atoms with Crippen LogP contribution in [-0.2, 0) is 11.3 Å². The molecule has 0 radical (unpaired) electrons. The van der Waals surface area contributed by atoms with Crippen molar-refractivity contribution in [1.82, 2.24) is 15.5 Å². The second-order valence-corrected chi connectivity index (χ2v) is 10.6. The number of piperidine rings is 1. The number of carbonyl (C=O) groups excluding carboxylic acids is 2. The average molecular weight is 476 g/mol. The molecule has 0 unspecified atom stereocenters. The predicted octanol–water partition coefficient (Wildman–Crippen LogP) is 5.15. The van der Waals surface area contributed by atoms with Gasteiger partial charge < -0.3 is 15.5 Å². The molecular formula is C30H41N3O2. The number of nitrogens with zero attached hydrogens (tertiary/aromatic N) is 1. The first-order valence-corrected chi connectivity index (χ1v) is 13.4. The van der Waals surface area contributed by atoms with Crippen LogP contribution in [0.15, 0.2) is 48.5 Å². The van der Waals surface area contributed by atoms with E-state index in [4.69, 9.17) is 0 Å². The highest BCUT2D eigenvalue weighted by atomic mass is 16.2. The number of benzene rings is 2. The van der Waals surface area contributed by atoms with E-state index >= 15 is 0 Å². The van der Waals surface area contributed by atoms with E-state index in [0.29, 0.717) is 18.0 Å². The van der Waals surface area contributed by atoms with Crippen LogP contribution in [0.25, 0.3) is 0 Å². The molecule has 35 heavy (non-hydrogen) atoms. The summed E-state index contributed by atoms with van der Waals surface area (Å²) >= 11 is 0. The Hall–Kier alpha value is -2.66. The number of nitrogens with one attached hydrogen (secondary N) is 2. The third-order valence-corrected chi connectivity index (χ3v) is 7.79. The molecule has 5 nitrogen and oxygen atoms in total. The Balaban J connectivity index is 0.000000189. The number of rotatable bonds is 4. The molecule has 2 aromatic carbocycles. The van der Waals surface area contributed by atoms with Gasteiger partial charge in [-0.2, -0.15) is 0 Å². The van der Waals surface area contributed by atoms with Crippen LogP contribution >= 0.6 is 0 Å². The van der Waals surface area contributed by atoms with E-state index in [9.17, 15) is 9.59 Å². The smallest absolute Gasteiger partial charge is 0.254 e. The minimum Gasteiger partial charge on any atom is -0.352 e. The van der Waals surface area contributed by atoms with Gasteiger partial charge in [-0.05, 0) is 75.6 Å². The van der Waals surface area contributed by atoms with Crippen LogP contribution in [-0.4, -0.2) is 41.9 Å². The van der Waals surface area contributed by atoms with E-state index in [-0.39, 0.29) is 11.8 Å². The third kappa shape index (κ3) is 6.94. The van der Waals surface area contributed by atoms with E-state index in [1.807, 2.05) is 62.4 Å². The molecule has 2 aromatic rings. The lowest BCUT2D eigenvalue weighted by molar-refractivity contribution is -0.122. The van der Waals surface area contributed by atoms with Crippen molar-refractivity contribution in [3.05, 3.63) is 70.8 Å². The summed E-state index contributed by atoms with van der Waals surface area (Å²) in [5, 5.41) is 6.70. The molecule has 1 saturated carbocycles. The molecule has 188 valence electrons. The summed E-state index contributed by atoms with van der Waals surface area (Å²) in [4.78, 5) is 26.2. The van der Waals surface area contributed by atoms with Crippen molar-refractivity contribution in [1.29, 1.82) is 0 Å². The molecule has 2 aliphatic heterocycles. The highest BCUT2D eigenvalue weighted by Gasteiger charge is 2.36. The van der Waals surface area contributed by atoms with E-state index in [0.717, 1.165) is 67.6 Å². The van der Waals surface area contributed by atoms with Gasteiger partial charge in [0.25, 0.3) is 5.91 Å². The highest BCUT2D eigenvalue weighted by Crippen LogP contribution is 2.31. The lowest BCUT2D eigenvalue weighted by Gasteiger charge is -2.42. The Morgan fingerprint density at radius 3 is 2.26 bits per heavy atom. The lowest BCUT2D eigenvalue weighted by atomic mass is 9.83. The lowest BCUT2D eigenvalue weighted by Crippen LogP contribution is -2.54. The topological polar surface area (TPSA) is 61.4 Å². The number of amides is 2. The molecule has 0 aromatic heterocycles. The molecule has 3 fully saturated rings. The zero-order valence-corrected chi connectivity index (χ0v) is 21.4. The first kappa shape index (κ1) is 25.4. The Labute approximate surface area is 210 Å². The Morgan fingerprint density at radius 2 is 1.60 bits per heavy atom. The average Bonchev–Trinajstić information content (AvgIpc) is 3.73. The fraction of sp³-hybridized carbons (Fsp3) is 0.533. The van der Waals surface area contributed by atoms with Gasteiger partial charge >= 0.3 is 0 Å². The predicted molar refractivity (Wildman–Crippen MR) is 141 cm³/mol. The summed E-state index contributed by atoms with van der Waals surface area (Å²) < 4.78 is 0. The standard InChI is InChI=1S/C19H28N2O.C11H13NO/c1-15-7-6-8-16(2)17(15)18(22)21-13-10-19(11-14-21)9-4-3-5-12-20-19;13-11(10-6-7-10)12-8-9-4-2-1-3-5-9/h6-8,20H,3-5,9-14H2,1-2H3;1-5,10H,6-8H2,(H,12,13). The number of likely N-dealkylation sites (tertiary alicyclic amines) is 1. The van der Waals surface area contributed by atoms with Gasteiger partial charge in [0.15, 0.2) is 0 Å². The van der Waals surface area contributed by atoms with E-state index in [2.05, 4.69) is 15.5 Å². The molecule has 0 bridgehead atoms. The summed E-state index contributed by atoms with van der Waals surface area (Å²) in [5.41, 5.74) is 4.56. The van der Waals surface area contributed by atoms with E-state index in [1.165, 1.54) is 25.7 Å². The van der Waals surface area contributed by atoms with Gasteiger partial charge in [-0.3, -0.25) is 9.59 Å². The van der Waals surface area contributed by atoms with Gasteiger partial charge in [-0.15, -0.1) is 0 Å².